The highest BCUT2D eigenvalue weighted by molar-refractivity contribution is 6.32. The molecular formula is C50H28N2O. The fourth-order valence-corrected chi connectivity index (χ4v) is 9.74. The van der Waals surface area contributed by atoms with Crippen molar-refractivity contribution in [3.8, 4) is 33.6 Å². The fourth-order valence-electron chi connectivity index (χ4n) is 9.74. The predicted octanol–water partition coefficient (Wildman–Crippen LogP) is 13.7. The van der Waals surface area contributed by atoms with E-state index in [1.165, 1.54) is 98.8 Å². The monoisotopic (exact) mass is 672 g/mol. The van der Waals surface area contributed by atoms with Gasteiger partial charge in [0.1, 0.15) is 11.2 Å². The van der Waals surface area contributed by atoms with Crippen LogP contribution in [0.1, 0.15) is 0 Å². The second-order valence-electron chi connectivity index (χ2n) is 14.4. The standard InChI is InChI=1S/C50H28N2O/c1-2-13-30-29(11-1)12-9-21-40(30)51-41-20-7-5-16-38(41)47-43(51)27-24-35-36-25-28-45-48(39-17-6-8-22-44(39)53-45)50(36)52(49(35)47)42-26-23-34-32-15-4-3-14-31(32)33-18-10-19-37(42)46(33)34/h1-28H. The molecule has 0 saturated carbocycles. The van der Waals surface area contributed by atoms with Crippen LogP contribution in [0.3, 0.4) is 0 Å². The number of furan rings is 1. The third-order valence-corrected chi connectivity index (χ3v) is 11.8. The maximum atomic E-state index is 6.57. The predicted molar refractivity (Wildman–Crippen MR) is 222 cm³/mol. The van der Waals surface area contributed by atoms with Gasteiger partial charge >= 0.3 is 0 Å². The Kier molecular flexibility index (Phi) is 5.11. The van der Waals surface area contributed by atoms with Gasteiger partial charge in [0.15, 0.2) is 0 Å². The zero-order chi connectivity index (χ0) is 34.4. The Morgan fingerprint density at radius 3 is 1.81 bits per heavy atom. The summed E-state index contributed by atoms with van der Waals surface area (Å²) in [4.78, 5) is 0. The van der Waals surface area contributed by atoms with Crippen molar-refractivity contribution in [3.05, 3.63) is 170 Å². The minimum atomic E-state index is 0.899. The zero-order valence-corrected chi connectivity index (χ0v) is 28.5. The van der Waals surface area contributed by atoms with Crippen molar-refractivity contribution in [3.63, 3.8) is 0 Å². The van der Waals surface area contributed by atoms with Crippen molar-refractivity contribution in [2.24, 2.45) is 0 Å². The van der Waals surface area contributed by atoms with E-state index in [-0.39, 0.29) is 0 Å². The third-order valence-electron chi connectivity index (χ3n) is 11.8. The van der Waals surface area contributed by atoms with Gasteiger partial charge < -0.3 is 13.6 Å². The van der Waals surface area contributed by atoms with Gasteiger partial charge in [0.25, 0.3) is 0 Å². The van der Waals surface area contributed by atoms with E-state index in [0.29, 0.717) is 0 Å². The molecule has 0 unspecified atom stereocenters. The lowest BCUT2D eigenvalue weighted by Crippen LogP contribution is -1.97. The Hall–Kier alpha value is -7.10. The van der Waals surface area contributed by atoms with Crippen molar-refractivity contribution in [1.29, 1.82) is 0 Å². The molecule has 0 saturated heterocycles. The van der Waals surface area contributed by atoms with E-state index in [1.807, 2.05) is 0 Å². The summed E-state index contributed by atoms with van der Waals surface area (Å²) in [7, 11) is 0. The lowest BCUT2D eigenvalue weighted by Gasteiger charge is -2.15. The highest BCUT2D eigenvalue weighted by Crippen LogP contribution is 2.51. The van der Waals surface area contributed by atoms with Crippen molar-refractivity contribution < 1.29 is 4.42 Å². The molecule has 0 spiro atoms. The molecule has 1 aliphatic rings. The van der Waals surface area contributed by atoms with Gasteiger partial charge in [-0.25, -0.2) is 0 Å². The number of aromatic nitrogens is 2. The van der Waals surface area contributed by atoms with Gasteiger partial charge in [-0.1, -0.05) is 127 Å². The summed E-state index contributed by atoms with van der Waals surface area (Å²) in [6.07, 6.45) is 0. The van der Waals surface area contributed by atoms with Crippen molar-refractivity contribution >= 4 is 87.1 Å². The van der Waals surface area contributed by atoms with E-state index in [1.54, 1.807) is 0 Å². The first-order valence-corrected chi connectivity index (χ1v) is 18.3. The summed E-state index contributed by atoms with van der Waals surface area (Å²) >= 11 is 0. The molecule has 0 N–H and O–H groups in total. The Morgan fingerprint density at radius 1 is 0.302 bits per heavy atom. The number of rotatable bonds is 2. The number of para-hydroxylation sites is 2. The smallest absolute Gasteiger partial charge is 0.137 e. The maximum absolute atomic E-state index is 6.57. The average Bonchev–Trinajstić information content (AvgIpc) is 3.95. The minimum absolute atomic E-state index is 0.899. The Labute approximate surface area is 303 Å². The van der Waals surface area contributed by atoms with Gasteiger partial charge in [0.2, 0.25) is 0 Å². The van der Waals surface area contributed by atoms with Gasteiger partial charge in [-0.2, -0.15) is 0 Å². The summed E-state index contributed by atoms with van der Waals surface area (Å²) in [5.41, 5.74) is 14.1. The molecule has 9 aromatic carbocycles. The van der Waals surface area contributed by atoms with Crippen LogP contribution in [0.15, 0.2) is 174 Å². The number of hydrogen-bond acceptors (Lipinski definition) is 1. The van der Waals surface area contributed by atoms with E-state index in [0.717, 1.165) is 21.9 Å². The quantitative estimate of drug-likeness (QED) is 0.179. The summed E-state index contributed by atoms with van der Waals surface area (Å²) in [5.74, 6) is 0. The first-order valence-electron chi connectivity index (χ1n) is 18.3. The van der Waals surface area contributed by atoms with E-state index in [2.05, 4.69) is 179 Å². The van der Waals surface area contributed by atoms with Crippen LogP contribution in [0.5, 0.6) is 0 Å². The molecule has 0 bridgehead atoms. The molecule has 0 radical (unpaired) electrons. The first kappa shape index (κ1) is 27.6. The van der Waals surface area contributed by atoms with Gasteiger partial charge in [0, 0.05) is 37.7 Å². The molecule has 3 heterocycles. The second kappa shape index (κ2) is 9.81. The van der Waals surface area contributed by atoms with Gasteiger partial charge in [-0.3, -0.25) is 0 Å². The van der Waals surface area contributed by atoms with Crippen LogP contribution in [0.2, 0.25) is 0 Å². The van der Waals surface area contributed by atoms with Crippen LogP contribution in [-0.2, 0) is 0 Å². The molecule has 1 aliphatic carbocycles. The third kappa shape index (κ3) is 3.40. The highest BCUT2D eigenvalue weighted by Gasteiger charge is 2.27. The van der Waals surface area contributed by atoms with E-state index >= 15 is 0 Å². The molecule has 3 heteroatoms. The summed E-state index contributed by atoms with van der Waals surface area (Å²) < 4.78 is 11.6. The first-order chi connectivity index (χ1) is 26.3. The number of fused-ring (bicyclic) bond motifs is 15. The molecule has 3 aromatic heterocycles. The van der Waals surface area contributed by atoms with Gasteiger partial charge in [0.05, 0.1) is 38.8 Å². The topological polar surface area (TPSA) is 23.0 Å². The Morgan fingerprint density at radius 2 is 0.925 bits per heavy atom. The Bertz CT molecular complexity index is 3540. The van der Waals surface area contributed by atoms with E-state index in [4.69, 9.17) is 4.42 Å². The number of hydrogen-bond donors (Lipinski definition) is 0. The van der Waals surface area contributed by atoms with Crippen LogP contribution in [-0.4, -0.2) is 9.13 Å². The second-order valence-corrected chi connectivity index (χ2v) is 14.4. The lowest BCUT2D eigenvalue weighted by molar-refractivity contribution is 0.669. The van der Waals surface area contributed by atoms with Gasteiger partial charge in [-0.15, -0.1) is 0 Å². The molecule has 0 fully saturated rings. The van der Waals surface area contributed by atoms with Crippen LogP contribution in [0, 0.1) is 0 Å². The van der Waals surface area contributed by atoms with E-state index < -0.39 is 0 Å². The molecule has 0 amide bonds. The van der Waals surface area contributed by atoms with Crippen LogP contribution >= 0.6 is 0 Å². The van der Waals surface area contributed by atoms with Crippen molar-refractivity contribution in [2.45, 2.75) is 0 Å². The van der Waals surface area contributed by atoms with Crippen molar-refractivity contribution in [2.75, 3.05) is 0 Å². The van der Waals surface area contributed by atoms with Crippen LogP contribution in [0.4, 0.5) is 0 Å². The summed E-state index contributed by atoms with van der Waals surface area (Å²) in [6, 6.07) is 62.2. The molecule has 244 valence electrons. The normalized spacial score (nSPS) is 12.5. The molecule has 12 aromatic rings. The zero-order valence-electron chi connectivity index (χ0n) is 28.5. The molecule has 53 heavy (non-hydrogen) atoms. The number of nitrogens with zero attached hydrogens (tertiary/aromatic N) is 2. The summed E-state index contributed by atoms with van der Waals surface area (Å²) in [6.45, 7) is 0. The summed E-state index contributed by atoms with van der Waals surface area (Å²) in [5, 5.41) is 12.2. The number of benzene rings is 9. The SMILES string of the molecule is c1ccc2c(c1)-c1cccc3c(-n4c5c(ccc6oc7ccccc7c65)c5ccc6c(c7ccccc7n6-c6cccc7ccccc67)c54)ccc-2c13. The van der Waals surface area contributed by atoms with Crippen LogP contribution in [0.25, 0.3) is 121 Å². The van der Waals surface area contributed by atoms with Gasteiger partial charge in [-0.05, 0) is 75.5 Å². The maximum Gasteiger partial charge on any atom is 0.137 e. The largest absolute Gasteiger partial charge is 0.456 e. The molecular weight excluding hydrogens is 645 g/mol. The van der Waals surface area contributed by atoms with E-state index in [9.17, 15) is 0 Å². The minimum Gasteiger partial charge on any atom is -0.456 e. The fraction of sp³-hybridized carbons (Fsp3) is 0. The molecule has 13 rings (SSSR count). The highest BCUT2D eigenvalue weighted by atomic mass is 16.3. The average molecular weight is 673 g/mol. The van der Waals surface area contributed by atoms with Crippen LogP contribution < -0.4 is 0 Å². The Balaban J connectivity index is 1.28. The molecule has 0 atom stereocenters. The molecule has 3 nitrogen and oxygen atoms in total. The van der Waals surface area contributed by atoms with Crippen molar-refractivity contribution in [1.82, 2.24) is 9.13 Å². The molecule has 0 aliphatic heterocycles. The lowest BCUT2D eigenvalue weighted by atomic mass is 10.0.